The summed E-state index contributed by atoms with van der Waals surface area (Å²) >= 11 is 0. The SMILES string of the molecule is CC(CCCC(C)[C@H]1CC[C@H]2[C@@H]3CC=C4CCCC[C@]4(C)[C@H]3CC[C@]12C)C[C@@H]1O[C@H](CO)[C@@H](O)[C@H](O)[C@H]1O. The summed E-state index contributed by atoms with van der Waals surface area (Å²) < 4.78 is 5.75. The van der Waals surface area contributed by atoms with E-state index in [9.17, 15) is 20.4 Å². The molecule has 4 N–H and O–H groups in total. The summed E-state index contributed by atoms with van der Waals surface area (Å²) in [5.74, 6) is 4.63. The fraction of sp³-hybridized carbons (Fsp3) is 0.939. The molecule has 5 heteroatoms. The van der Waals surface area contributed by atoms with E-state index < -0.39 is 30.5 Å². The molecule has 0 amide bonds. The standard InChI is InChI=1S/C33H56O5/c1-20(18-27-29(35)31(37)30(36)28(19-34)38-27)8-7-9-21(2)24-13-14-25-23-12-11-22-10-5-6-16-32(22,3)26(23)15-17-33(24,25)4/h11,20-21,23-31,34-37H,5-10,12-19H2,1-4H3/t20?,21?,23-,24+,25-,26-,27-,28+,29-,30+,31+,32-,33+/m0/s1. The van der Waals surface area contributed by atoms with Crippen molar-refractivity contribution in [3.63, 3.8) is 0 Å². The van der Waals surface area contributed by atoms with Gasteiger partial charge in [-0.25, -0.2) is 0 Å². The van der Waals surface area contributed by atoms with Crippen LogP contribution in [0.3, 0.4) is 0 Å². The van der Waals surface area contributed by atoms with Gasteiger partial charge in [-0.2, -0.15) is 0 Å². The minimum Gasteiger partial charge on any atom is -0.394 e. The smallest absolute Gasteiger partial charge is 0.111 e. The summed E-state index contributed by atoms with van der Waals surface area (Å²) in [6, 6.07) is 0. The molecule has 5 rings (SSSR count). The molecule has 1 heterocycles. The van der Waals surface area contributed by atoms with Gasteiger partial charge in [0.1, 0.15) is 24.4 Å². The second kappa shape index (κ2) is 11.4. The van der Waals surface area contributed by atoms with Crippen molar-refractivity contribution in [3.05, 3.63) is 11.6 Å². The van der Waals surface area contributed by atoms with Crippen LogP contribution in [0.15, 0.2) is 11.6 Å². The first-order chi connectivity index (χ1) is 18.1. The summed E-state index contributed by atoms with van der Waals surface area (Å²) in [5.41, 5.74) is 2.80. The van der Waals surface area contributed by atoms with Crippen molar-refractivity contribution in [1.82, 2.24) is 0 Å². The van der Waals surface area contributed by atoms with Crippen LogP contribution in [0.5, 0.6) is 0 Å². The third-order valence-corrected chi connectivity index (χ3v) is 12.8. The van der Waals surface area contributed by atoms with E-state index in [1.165, 1.54) is 70.6 Å². The molecule has 0 bridgehead atoms. The summed E-state index contributed by atoms with van der Waals surface area (Å²) in [5, 5.41) is 40.1. The monoisotopic (exact) mass is 532 g/mol. The van der Waals surface area contributed by atoms with Crippen LogP contribution in [0.1, 0.15) is 111 Å². The number of ether oxygens (including phenoxy) is 1. The maximum Gasteiger partial charge on any atom is 0.111 e. The molecule has 0 radical (unpaired) electrons. The van der Waals surface area contributed by atoms with E-state index in [1.54, 1.807) is 0 Å². The van der Waals surface area contributed by atoms with E-state index in [0.717, 1.165) is 36.0 Å². The summed E-state index contributed by atoms with van der Waals surface area (Å²) in [7, 11) is 0. The number of aliphatic hydroxyl groups is 4. The van der Waals surface area contributed by atoms with E-state index in [0.29, 0.717) is 23.2 Å². The second-order valence-electron chi connectivity index (χ2n) is 14.8. The van der Waals surface area contributed by atoms with Crippen molar-refractivity contribution >= 4 is 0 Å². The predicted octanol–water partition coefficient (Wildman–Crippen LogP) is 5.63. The Kier molecular flexibility index (Phi) is 8.74. The molecule has 5 nitrogen and oxygen atoms in total. The molecule has 0 aromatic rings. The molecule has 1 aliphatic heterocycles. The van der Waals surface area contributed by atoms with Crippen molar-refractivity contribution in [2.75, 3.05) is 6.61 Å². The Morgan fingerprint density at radius 1 is 0.921 bits per heavy atom. The van der Waals surface area contributed by atoms with E-state index in [-0.39, 0.29) is 6.61 Å². The molecular formula is C33H56O5. The summed E-state index contributed by atoms with van der Waals surface area (Å²) in [6.07, 6.45) is 14.5. The first kappa shape index (κ1) is 29.0. The average molecular weight is 533 g/mol. The van der Waals surface area contributed by atoms with E-state index in [4.69, 9.17) is 4.74 Å². The van der Waals surface area contributed by atoms with Gasteiger partial charge >= 0.3 is 0 Å². The molecule has 4 fully saturated rings. The van der Waals surface area contributed by atoms with Crippen LogP contribution in [0.25, 0.3) is 0 Å². The van der Waals surface area contributed by atoms with Crippen LogP contribution < -0.4 is 0 Å². The van der Waals surface area contributed by atoms with Gasteiger partial charge in [0.05, 0.1) is 12.7 Å². The van der Waals surface area contributed by atoms with Gasteiger partial charge in [-0.15, -0.1) is 0 Å². The van der Waals surface area contributed by atoms with Crippen molar-refractivity contribution in [2.24, 2.45) is 46.3 Å². The van der Waals surface area contributed by atoms with Crippen LogP contribution in [0.2, 0.25) is 0 Å². The van der Waals surface area contributed by atoms with Crippen LogP contribution in [-0.2, 0) is 4.74 Å². The number of hydrogen-bond donors (Lipinski definition) is 4. The number of rotatable bonds is 8. The molecule has 1 saturated heterocycles. The molecule has 218 valence electrons. The second-order valence-corrected chi connectivity index (χ2v) is 14.8. The highest BCUT2D eigenvalue weighted by Gasteiger charge is 2.58. The van der Waals surface area contributed by atoms with Gasteiger partial charge in [0, 0.05) is 0 Å². The quantitative estimate of drug-likeness (QED) is 0.304. The van der Waals surface area contributed by atoms with Gasteiger partial charge in [-0.1, -0.05) is 65.0 Å². The van der Waals surface area contributed by atoms with Crippen LogP contribution in [0, 0.1) is 46.3 Å². The average Bonchev–Trinajstić information content (AvgIpc) is 3.26. The number of hydrogen-bond acceptors (Lipinski definition) is 5. The first-order valence-electron chi connectivity index (χ1n) is 16.1. The Morgan fingerprint density at radius 3 is 2.45 bits per heavy atom. The maximum absolute atomic E-state index is 10.4. The lowest BCUT2D eigenvalue weighted by Crippen LogP contribution is -2.58. The molecular weight excluding hydrogens is 476 g/mol. The summed E-state index contributed by atoms with van der Waals surface area (Å²) in [4.78, 5) is 0. The summed E-state index contributed by atoms with van der Waals surface area (Å²) in [6.45, 7) is 9.63. The Balaban J connectivity index is 1.13. The van der Waals surface area contributed by atoms with Crippen LogP contribution in [0.4, 0.5) is 0 Å². The van der Waals surface area contributed by atoms with E-state index in [1.807, 2.05) is 5.57 Å². The zero-order valence-electron chi connectivity index (χ0n) is 24.5. The van der Waals surface area contributed by atoms with Gasteiger partial charge in [0.2, 0.25) is 0 Å². The van der Waals surface area contributed by atoms with E-state index >= 15 is 0 Å². The zero-order chi connectivity index (χ0) is 27.2. The van der Waals surface area contributed by atoms with Gasteiger partial charge in [-0.05, 0) is 104 Å². The zero-order valence-corrected chi connectivity index (χ0v) is 24.5. The minimum atomic E-state index is -1.27. The van der Waals surface area contributed by atoms with Crippen molar-refractivity contribution < 1.29 is 25.2 Å². The van der Waals surface area contributed by atoms with Gasteiger partial charge in [-0.3, -0.25) is 0 Å². The normalized spacial score (nSPS) is 48.4. The number of fused-ring (bicyclic) bond motifs is 5. The molecule has 38 heavy (non-hydrogen) atoms. The minimum absolute atomic E-state index is 0.352. The maximum atomic E-state index is 10.4. The topological polar surface area (TPSA) is 90.2 Å². The number of aliphatic hydroxyl groups excluding tert-OH is 4. The van der Waals surface area contributed by atoms with Gasteiger partial charge in [0.15, 0.2) is 0 Å². The Hall–Kier alpha value is -0.460. The fourth-order valence-electron chi connectivity index (χ4n) is 10.6. The third-order valence-electron chi connectivity index (χ3n) is 12.8. The fourth-order valence-corrected chi connectivity index (χ4v) is 10.6. The van der Waals surface area contributed by atoms with E-state index in [2.05, 4.69) is 33.8 Å². The number of allylic oxidation sites excluding steroid dienone is 2. The van der Waals surface area contributed by atoms with Crippen molar-refractivity contribution in [3.8, 4) is 0 Å². The highest BCUT2D eigenvalue weighted by molar-refractivity contribution is 5.24. The van der Waals surface area contributed by atoms with Crippen LogP contribution in [-0.4, -0.2) is 57.6 Å². The van der Waals surface area contributed by atoms with Crippen LogP contribution >= 0.6 is 0 Å². The highest BCUT2D eigenvalue weighted by Crippen LogP contribution is 2.67. The molecule has 0 aromatic carbocycles. The molecule has 2 unspecified atom stereocenters. The molecule has 3 saturated carbocycles. The molecule has 0 aromatic heterocycles. The van der Waals surface area contributed by atoms with Crippen molar-refractivity contribution in [1.29, 1.82) is 0 Å². The largest absolute Gasteiger partial charge is 0.394 e. The lowest BCUT2D eigenvalue weighted by atomic mass is 9.47. The lowest BCUT2D eigenvalue weighted by Gasteiger charge is -2.58. The molecule has 13 atom stereocenters. The van der Waals surface area contributed by atoms with Gasteiger partial charge < -0.3 is 25.2 Å². The first-order valence-corrected chi connectivity index (χ1v) is 16.1. The Labute approximate surface area is 231 Å². The Morgan fingerprint density at radius 2 is 1.68 bits per heavy atom. The molecule has 0 spiro atoms. The van der Waals surface area contributed by atoms with Gasteiger partial charge in [0.25, 0.3) is 0 Å². The third kappa shape index (κ3) is 5.06. The Bertz CT molecular complexity index is 841. The highest BCUT2D eigenvalue weighted by atomic mass is 16.5. The lowest BCUT2D eigenvalue weighted by molar-refractivity contribution is -0.232. The molecule has 5 aliphatic rings. The molecule has 4 aliphatic carbocycles. The predicted molar refractivity (Wildman–Crippen MR) is 150 cm³/mol. The van der Waals surface area contributed by atoms with Crippen molar-refractivity contribution in [2.45, 2.75) is 142 Å².